The van der Waals surface area contributed by atoms with E-state index in [0.717, 1.165) is 11.5 Å². The minimum atomic E-state index is -0.381. The lowest BCUT2D eigenvalue weighted by molar-refractivity contribution is 0.233. The van der Waals surface area contributed by atoms with Gasteiger partial charge in [0.15, 0.2) is 4.77 Å². The highest BCUT2D eigenvalue weighted by Crippen LogP contribution is 2.27. The number of hydrogen-bond acceptors (Lipinski definition) is 2. The Morgan fingerprint density at radius 2 is 1.86 bits per heavy atom. The minimum absolute atomic E-state index is 0.381. The lowest BCUT2D eigenvalue weighted by atomic mass is 10.6. The maximum absolute atomic E-state index is 10.5. The Labute approximate surface area is 51.9 Å². The van der Waals surface area contributed by atoms with E-state index in [9.17, 15) is 5.11 Å². The van der Waals surface area contributed by atoms with Crippen LogP contribution in [0.2, 0.25) is 0 Å². The Bertz CT molecular complexity index is 51.7. The largest absolute Gasteiger partial charge is 0.209 e. The monoisotopic (exact) mass is 135 g/mol. The molecule has 0 atom stereocenters. The van der Waals surface area contributed by atoms with Gasteiger partial charge in [0, 0.05) is 0 Å². The number of thioether (sulfide) groups is 2. The first-order chi connectivity index (χ1) is 3.39. The fourth-order valence-corrected chi connectivity index (χ4v) is 2.62. The molecule has 0 aromatic heterocycles. The highest BCUT2D eigenvalue weighted by Gasteiger charge is 2.10. The summed E-state index contributed by atoms with van der Waals surface area (Å²) in [5, 5.41) is 10.5. The van der Waals surface area contributed by atoms with E-state index in [1.165, 1.54) is 29.9 Å². The van der Waals surface area contributed by atoms with E-state index in [4.69, 9.17) is 0 Å². The standard InChI is InChI=1S/C4H7OS2/c5-4-6-2-1-3-7-4/h4H,1-3H2. The van der Waals surface area contributed by atoms with Gasteiger partial charge >= 0.3 is 0 Å². The van der Waals surface area contributed by atoms with E-state index in [0.29, 0.717) is 0 Å². The van der Waals surface area contributed by atoms with Crippen molar-refractivity contribution in [2.75, 3.05) is 11.5 Å². The van der Waals surface area contributed by atoms with Gasteiger partial charge in [0.25, 0.3) is 0 Å². The van der Waals surface area contributed by atoms with Crippen molar-refractivity contribution >= 4 is 23.5 Å². The molecule has 0 bridgehead atoms. The third-order valence-corrected chi connectivity index (χ3v) is 3.21. The van der Waals surface area contributed by atoms with Crippen LogP contribution in [-0.2, 0) is 5.11 Å². The zero-order valence-electron chi connectivity index (χ0n) is 3.92. The topological polar surface area (TPSA) is 19.9 Å². The molecule has 0 saturated carbocycles. The molecule has 7 heavy (non-hydrogen) atoms. The second-order valence-corrected chi connectivity index (χ2v) is 4.02. The molecular formula is C4H7OS2. The van der Waals surface area contributed by atoms with Crippen LogP contribution in [-0.4, -0.2) is 16.3 Å². The van der Waals surface area contributed by atoms with E-state index in [1.807, 2.05) is 0 Å². The van der Waals surface area contributed by atoms with E-state index < -0.39 is 0 Å². The van der Waals surface area contributed by atoms with Crippen LogP contribution in [0.1, 0.15) is 6.42 Å². The molecule has 1 fully saturated rings. The lowest BCUT2D eigenvalue weighted by Gasteiger charge is -2.11. The second-order valence-electron chi connectivity index (χ2n) is 1.38. The Balaban J connectivity index is 2.12. The molecule has 0 aromatic carbocycles. The molecule has 0 N–H and O–H groups in total. The number of hydrogen-bond donors (Lipinski definition) is 0. The fourth-order valence-electron chi connectivity index (χ4n) is 0.466. The summed E-state index contributed by atoms with van der Waals surface area (Å²) in [6.07, 6.45) is 1.22. The molecule has 1 aliphatic heterocycles. The zero-order chi connectivity index (χ0) is 5.11. The summed E-state index contributed by atoms with van der Waals surface area (Å²) in [4.78, 5) is 0. The smallest absolute Gasteiger partial charge is 0.184 e. The van der Waals surface area contributed by atoms with Crippen molar-refractivity contribution in [2.24, 2.45) is 0 Å². The Hall–Kier alpha value is 0.660. The summed E-state index contributed by atoms with van der Waals surface area (Å²) in [6.45, 7) is 0. The Morgan fingerprint density at radius 1 is 1.29 bits per heavy atom. The molecule has 0 spiro atoms. The van der Waals surface area contributed by atoms with Gasteiger partial charge in [-0.25, -0.2) is 5.11 Å². The maximum Gasteiger partial charge on any atom is 0.184 e. The van der Waals surface area contributed by atoms with Crippen molar-refractivity contribution in [3.05, 3.63) is 0 Å². The molecule has 41 valence electrons. The van der Waals surface area contributed by atoms with Gasteiger partial charge < -0.3 is 0 Å². The highest BCUT2D eigenvalue weighted by molar-refractivity contribution is 8.17. The van der Waals surface area contributed by atoms with Gasteiger partial charge in [-0.2, -0.15) is 0 Å². The Kier molecular flexibility index (Phi) is 2.35. The van der Waals surface area contributed by atoms with Crippen LogP contribution in [0.3, 0.4) is 0 Å². The first-order valence-corrected chi connectivity index (χ1v) is 4.38. The summed E-state index contributed by atoms with van der Waals surface area (Å²) in [6, 6.07) is 0. The fraction of sp³-hybridized carbons (Fsp3) is 1.00. The molecule has 1 heterocycles. The average Bonchev–Trinajstić information content (AvgIpc) is 1.69. The first kappa shape index (κ1) is 5.79. The van der Waals surface area contributed by atoms with Gasteiger partial charge in [-0.1, -0.05) is 0 Å². The van der Waals surface area contributed by atoms with E-state index >= 15 is 0 Å². The molecule has 0 amide bonds. The lowest BCUT2D eigenvalue weighted by Crippen LogP contribution is -2.02. The normalized spacial score (nSPS) is 25.3. The quantitative estimate of drug-likeness (QED) is 0.502. The SMILES string of the molecule is [O]C1SCCCS1. The van der Waals surface area contributed by atoms with Gasteiger partial charge in [0.2, 0.25) is 0 Å². The van der Waals surface area contributed by atoms with Crippen LogP contribution in [0.15, 0.2) is 0 Å². The summed E-state index contributed by atoms with van der Waals surface area (Å²) >= 11 is 3.05. The van der Waals surface area contributed by atoms with E-state index in [-0.39, 0.29) is 4.77 Å². The van der Waals surface area contributed by atoms with Crippen molar-refractivity contribution in [2.45, 2.75) is 11.2 Å². The summed E-state index contributed by atoms with van der Waals surface area (Å²) in [7, 11) is 0. The summed E-state index contributed by atoms with van der Waals surface area (Å²) in [5.74, 6) is 2.14. The van der Waals surface area contributed by atoms with Crippen LogP contribution in [0.4, 0.5) is 0 Å². The van der Waals surface area contributed by atoms with Gasteiger partial charge in [-0.15, -0.1) is 23.5 Å². The van der Waals surface area contributed by atoms with Gasteiger partial charge in [-0.3, -0.25) is 0 Å². The van der Waals surface area contributed by atoms with Gasteiger partial charge in [0.05, 0.1) is 0 Å². The Morgan fingerprint density at radius 3 is 2.14 bits per heavy atom. The molecule has 1 radical (unpaired) electrons. The van der Waals surface area contributed by atoms with Crippen LogP contribution in [0.5, 0.6) is 0 Å². The van der Waals surface area contributed by atoms with E-state index in [1.54, 1.807) is 0 Å². The molecule has 1 saturated heterocycles. The third-order valence-electron chi connectivity index (χ3n) is 0.797. The van der Waals surface area contributed by atoms with Crippen molar-refractivity contribution < 1.29 is 5.11 Å². The van der Waals surface area contributed by atoms with Crippen molar-refractivity contribution in [1.29, 1.82) is 0 Å². The maximum atomic E-state index is 10.5. The highest BCUT2D eigenvalue weighted by atomic mass is 32.2. The third kappa shape index (κ3) is 1.93. The molecule has 1 aliphatic rings. The van der Waals surface area contributed by atoms with Crippen LogP contribution >= 0.6 is 23.5 Å². The van der Waals surface area contributed by atoms with Crippen LogP contribution in [0, 0.1) is 0 Å². The molecule has 1 nitrogen and oxygen atoms in total. The molecule has 3 heteroatoms. The molecule has 0 unspecified atom stereocenters. The van der Waals surface area contributed by atoms with Crippen molar-refractivity contribution in [1.82, 2.24) is 0 Å². The zero-order valence-corrected chi connectivity index (χ0v) is 5.56. The second kappa shape index (κ2) is 2.84. The molecule has 0 aliphatic carbocycles. The number of rotatable bonds is 0. The predicted octanol–water partition coefficient (Wildman–Crippen LogP) is 1.57. The van der Waals surface area contributed by atoms with Crippen molar-refractivity contribution in [3.63, 3.8) is 0 Å². The first-order valence-electron chi connectivity index (χ1n) is 2.28. The van der Waals surface area contributed by atoms with Crippen LogP contribution in [0.25, 0.3) is 0 Å². The molecule has 1 rings (SSSR count). The molecular weight excluding hydrogens is 128 g/mol. The van der Waals surface area contributed by atoms with Gasteiger partial charge in [-0.05, 0) is 17.9 Å². The van der Waals surface area contributed by atoms with Crippen molar-refractivity contribution in [3.8, 4) is 0 Å². The molecule has 0 aromatic rings. The predicted molar refractivity (Wildman–Crippen MR) is 34.0 cm³/mol. The summed E-state index contributed by atoms with van der Waals surface area (Å²) in [5.41, 5.74) is 0. The van der Waals surface area contributed by atoms with E-state index in [2.05, 4.69) is 0 Å². The summed E-state index contributed by atoms with van der Waals surface area (Å²) < 4.78 is -0.381. The minimum Gasteiger partial charge on any atom is -0.209 e. The van der Waals surface area contributed by atoms with Gasteiger partial charge in [0.1, 0.15) is 0 Å². The van der Waals surface area contributed by atoms with Crippen LogP contribution < -0.4 is 0 Å². The average molecular weight is 135 g/mol.